The number of fused-ring (bicyclic) bond motifs is 3. The van der Waals surface area contributed by atoms with Gasteiger partial charge in [0, 0.05) is 41.8 Å². The molecule has 72 heavy (non-hydrogen) atoms. The highest BCUT2D eigenvalue weighted by atomic mass is 32.2. The summed E-state index contributed by atoms with van der Waals surface area (Å²) in [6.07, 6.45) is 9.06. The summed E-state index contributed by atoms with van der Waals surface area (Å²) in [6.45, 7) is 7.52. The van der Waals surface area contributed by atoms with E-state index in [1.54, 1.807) is 13.8 Å². The fourth-order valence-electron chi connectivity index (χ4n) is 9.09. The lowest BCUT2D eigenvalue weighted by molar-refractivity contribution is -0.149. The first-order valence-corrected chi connectivity index (χ1v) is 26.3. The minimum atomic E-state index is -5.24. The number of unbranched alkanes of at least 4 members (excludes halogenated alkanes) is 1. The van der Waals surface area contributed by atoms with Gasteiger partial charge in [0.1, 0.15) is 6.04 Å². The van der Waals surface area contributed by atoms with Gasteiger partial charge < -0.3 is 45.8 Å². The van der Waals surface area contributed by atoms with Crippen molar-refractivity contribution < 1.29 is 74.0 Å². The number of aromatic carboxylic acids is 1. The Labute approximate surface area is 416 Å². The first kappa shape index (κ1) is 54.9. The van der Waals surface area contributed by atoms with E-state index in [-0.39, 0.29) is 72.7 Å². The summed E-state index contributed by atoms with van der Waals surface area (Å²) < 4.78 is 87.8. The van der Waals surface area contributed by atoms with Crippen molar-refractivity contribution in [3.8, 4) is 22.5 Å². The van der Waals surface area contributed by atoms with Crippen LogP contribution in [-0.4, -0.2) is 104 Å². The molecule has 2 aromatic carbocycles. The van der Waals surface area contributed by atoms with Crippen molar-refractivity contribution in [1.29, 1.82) is 5.41 Å². The molecule has 21 nitrogen and oxygen atoms in total. The molecule has 0 aromatic heterocycles. The van der Waals surface area contributed by atoms with Crippen molar-refractivity contribution in [3.63, 3.8) is 0 Å². The number of nitrogens with two attached hydrogens (primary N) is 1. The van der Waals surface area contributed by atoms with Crippen LogP contribution in [-0.2, 0) is 39.3 Å². The number of carboxylic acids is 2. The van der Waals surface area contributed by atoms with E-state index in [2.05, 4.69) is 28.1 Å². The Morgan fingerprint density at radius 1 is 0.847 bits per heavy atom. The fourth-order valence-corrected chi connectivity index (χ4v) is 10.6. The normalized spacial score (nSPS) is 18.0. The van der Waals surface area contributed by atoms with E-state index >= 15 is 0 Å². The molecule has 390 valence electrons. The van der Waals surface area contributed by atoms with Gasteiger partial charge in [-0.15, -0.1) is 0 Å². The lowest BCUT2D eigenvalue weighted by atomic mass is 9.89. The molecule has 3 aliphatic carbocycles. The minimum absolute atomic E-state index is 0.0501. The molecule has 1 aliphatic heterocycles. The second-order valence-corrected chi connectivity index (χ2v) is 22.1. The van der Waals surface area contributed by atoms with Crippen molar-refractivity contribution in [2.75, 3.05) is 32.0 Å². The van der Waals surface area contributed by atoms with Crippen LogP contribution in [0.2, 0.25) is 0 Å². The van der Waals surface area contributed by atoms with E-state index < -0.39 is 105 Å². The highest BCUT2D eigenvalue weighted by Crippen LogP contribution is 2.53. The quantitative estimate of drug-likeness (QED) is 0.0138. The Balaban J connectivity index is 1.15. The topological polar surface area (TPSA) is 352 Å². The van der Waals surface area contributed by atoms with Crippen LogP contribution < -0.4 is 27.0 Å². The SMILES string of the molecule is CC(C)(CCNC(=O)C(CCCCNC(=O)c1ccc(-c2c3ccc(=N)c(S(=O)(=O)O)c-3oc3c(S(=O)(=O)O)c(N)ccc23)c(C(=O)O)c1)NC(=O)OCC1C2CC/C=C\CCC21)OCCC(C)(C)C(=O)O. The van der Waals surface area contributed by atoms with Crippen molar-refractivity contribution in [2.45, 2.75) is 107 Å². The Bertz CT molecular complexity index is 3020. The van der Waals surface area contributed by atoms with Crippen LogP contribution in [0.15, 0.2) is 68.8 Å². The fraction of sp³-hybridized carbons (Fsp3) is 0.469. The molecule has 23 heteroatoms. The predicted octanol–water partition coefficient (Wildman–Crippen LogP) is 6.25. The molecule has 6 rings (SSSR count). The average Bonchev–Trinajstić information content (AvgIpc) is 3.93. The van der Waals surface area contributed by atoms with Gasteiger partial charge in [0.25, 0.3) is 26.1 Å². The zero-order valence-corrected chi connectivity index (χ0v) is 41.9. The highest BCUT2D eigenvalue weighted by molar-refractivity contribution is 7.86. The smallest absolute Gasteiger partial charge is 0.407 e. The van der Waals surface area contributed by atoms with E-state index in [4.69, 9.17) is 25.0 Å². The Morgan fingerprint density at radius 3 is 2.12 bits per heavy atom. The Hall–Kier alpha value is -6.40. The number of hydrogen-bond acceptors (Lipinski definition) is 14. The molecule has 0 saturated heterocycles. The largest absolute Gasteiger partial charge is 0.481 e. The summed E-state index contributed by atoms with van der Waals surface area (Å²) >= 11 is 0. The third-order valence-corrected chi connectivity index (χ3v) is 15.2. The van der Waals surface area contributed by atoms with Crippen LogP contribution in [0.1, 0.15) is 106 Å². The number of amides is 3. The number of anilines is 1. The number of carboxylic acid groups (broad SMARTS) is 2. The summed E-state index contributed by atoms with van der Waals surface area (Å²) in [5.41, 5.74) is 1.79. The van der Waals surface area contributed by atoms with Gasteiger partial charge in [-0.2, -0.15) is 16.8 Å². The Morgan fingerprint density at radius 2 is 1.50 bits per heavy atom. The lowest BCUT2D eigenvalue weighted by Crippen LogP contribution is -2.48. The Kier molecular flexibility index (Phi) is 16.9. The molecule has 3 unspecified atom stereocenters. The van der Waals surface area contributed by atoms with Gasteiger partial charge in [-0.3, -0.25) is 28.9 Å². The van der Waals surface area contributed by atoms with Crippen molar-refractivity contribution in [3.05, 3.63) is 71.1 Å². The molecule has 3 amide bonds. The lowest BCUT2D eigenvalue weighted by Gasteiger charge is -2.28. The number of hydrogen-bond donors (Lipinski definition) is 9. The third kappa shape index (κ3) is 13.2. The standard InChI is InChI=1S/C49H61N5O16S2/c1-48(2,46(59)60)21-24-69-49(3,4)20-23-53-44(56)37(54-47(61)68-26-34-28-11-7-5-6-8-12-29(28)34)13-9-10-22-52-43(55)27-14-15-30(33(25-27)45(57)58)38-31-16-18-35(50)41(71(62,63)64)39(31)70-40-32(38)17-19-36(51)42(40)72(65,66)67/h5-6,14-19,25,28-29,34,37,50H,7-13,20-24,26,51H2,1-4H3,(H,52,55)(H,53,56)(H,54,61)(H,57,58)(H,59,60)(H,62,63,64)(H,65,66,67)/b6-5-,50-35?. The molecule has 2 aromatic rings. The van der Waals surface area contributed by atoms with Gasteiger partial charge in [0.15, 0.2) is 21.1 Å². The van der Waals surface area contributed by atoms with Crippen LogP contribution >= 0.6 is 0 Å². The zero-order valence-electron chi connectivity index (χ0n) is 40.3. The zero-order chi connectivity index (χ0) is 52.9. The summed E-state index contributed by atoms with van der Waals surface area (Å²) in [4.78, 5) is 62.6. The van der Waals surface area contributed by atoms with Crippen LogP contribution in [0.4, 0.5) is 10.5 Å². The van der Waals surface area contributed by atoms with Gasteiger partial charge >= 0.3 is 18.0 Å². The second kappa shape index (κ2) is 22.2. The van der Waals surface area contributed by atoms with Crippen LogP contribution in [0.5, 0.6) is 0 Å². The van der Waals surface area contributed by atoms with Gasteiger partial charge in [-0.25, -0.2) is 9.59 Å². The number of nitrogens with one attached hydrogen (secondary N) is 4. The first-order valence-electron chi connectivity index (χ1n) is 23.4. The first-order chi connectivity index (χ1) is 33.7. The molecule has 0 radical (unpaired) electrons. The van der Waals surface area contributed by atoms with Crippen LogP contribution in [0, 0.1) is 28.6 Å². The number of benzene rings is 3. The molecular weight excluding hydrogens is 979 g/mol. The summed E-state index contributed by atoms with van der Waals surface area (Å²) in [7, 11) is -10.4. The molecule has 0 spiro atoms. The van der Waals surface area contributed by atoms with E-state index in [1.807, 2.05) is 13.8 Å². The number of allylic oxidation sites excluding steroid dienone is 2. The van der Waals surface area contributed by atoms with Crippen LogP contribution in [0.25, 0.3) is 33.4 Å². The molecule has 0 bridgehead atoms. The molecule has 10 N–H and O–H groups in total. The van der Waals surface area contributed by atoms with Gasteiger partial charge in [0.2, 0.25) is 5.91 Å². The summed E-state index contributed by atoms with van der Waals surface area (Å²) in [6, 6.07) is 7.01. The molecular formula is C49H61N5O16S2. The number of aliphatic carboxylic acids is 1. The second-order valence-electron chi connectivity index (χ2n) is 19.4. The molecule has 4 aliphatic rings. The van der Waals surface area contributed by atoms with E-state index in [0.29, 0.717) is 31.1 Å². The molecule has 3 atom stereocenters. The van der Waals surface area contributed by atoms with E-state index in [1.165, 1.54) is 24.3 Å². The van der Waals surface area contributed by atoms with Gasteiger partial charge in [-0.1, -0.05) is 18.2 Å². The van der Waals surface area contributed by atoms with Crippen molar-refractivity contribution in [1.82, 2.24) is 16.0 Å². The van der Waals surface area contributed by atoms with E-state index in [9.17, 15) is 60.1 Å². The van der Waals surface area contributed by atoms with Crippen LogP contribution in [0.3, 0.4) is 0 Å². The maximum atomic E-state index is 13.6. The molecule has 1 fully saturated rings. The van der Waals surface area contributed by atoms with Crippen molar-refractivity contribution in [2.24, 2.45) is 23.2 Å². The number of rotatable bonds is 22. The predicted molar refractivity (Wildman–Crippen MR) is 261 cm³/mol. The van der Waals surface area contributed by atoms with E-state index in [0.717, 1.165) is 43.9 Å². The number of nitrogen functional groups attached to an aromatic ring is 1. The minimum Gasteiger partial charge on any atom is -0.481 e. The summed E-state index contributed by atoms with van der Waals surface area (Å²) in [5, 5.41) is 35.4. The number of alkyl carbamates (subject to hydrolysis) is 1. The highest BCUT2D eigenvalue weighted by Gasteiger charge is 2.49. The maximum Gasteiger partial charge on any atom is 0.407 e. The van der Waals surface area contributed by atoms with Gasteiger partial charge in [-0.05, 0) is 145 Å². The average molecular weight is 1040 g/mol. The molecule has 1 saturated carbocycles. The van der Waals surface area contributed by atoms with Crippen molar-refractivity contribution >= 4 is 66.7 Å². The summed E-state index contributed by atoms with van der Waals surface area (Å²) in [5.74, 6) is -3.21. The number of carbonyl (C=O) groups excluding carboxylic acids is 3. The number of ether oxygens (including phenoxy) is 2. The molecule has 1 heterocycles. The third-order valence-electron chi connectivity index (χ3n) is 13.3. The number of carbonyl (C=O) groups is 5. The monoisotopic (exact) mass is 1040 g/mol. The maximum absolute atomic E-state index is 13.6. The van der Waals surface area contributed by atoms with Gasteiger partial charge in [0.05, 0.1) is 34.2 Å².